The Balaban J connectivity index is 3.24. The minimum atomic E-state index is 0.0774. The molecule has 0 unspecified atom stereocenters. The number of nitrogens with zero attached hydrogens (tertiary/aromatic N) is 1. The molecule has 1 aromatic carbocycles. The second-order valence-corrected chi connectivity index (χ2v) is 7.16. The summed E-state index contributed by atoms with van der Waals surface area (Å²) >= 11 is 9.53. The first-order valence-electron chi connectivity index (χ1n) is 7.11. The zero-order valence-corrected chi connectivity index (χ0v) is 15.8. The van der Waals surface area contributed by atoms with Gasteiger partial charge in [0.05, 0.1) is 0 Å². The molecule has 0 saturated heterocycles. The van der Waals surface area contributed by atoms with Gasteiger partial charge in [0.15, 0.2) is 0 Å². The van der Waals surface area contributed by atoms with E-state index in [-0.39, 0.29) is 18.0 Å². The van der Waals surface area contributed by atoms with E-state index in [2.05, 4.69) is 15.9 Å². The molecule has 0 bridgehead atoms. The number of rotatable bonds is 4. The fourth-order valence-corrected chi connectivity index (χ4v) is 3.27. The Morgan fingerprint density at radius 2 is 1.62 bits per heavy atom. The molecule has 2 nitrogen and oxygen atoms in total. The van der Waals surface area contributed by atoms with Crippen molar-refractivity contribution >= 4 is 39.0 Å². The van der Waals surface area contributed by atoms with Crippen LogP contribution < -0.4 is 0 Å². The summed E-state index contributed by atoms with van der Waals surface area (Å²) in [5.74, 6) is 0.0774. The van der Waals surface area contributed by atoms with Crippen LogP contribution in [0.15, 0.2) is 28.2 Å². The fraction of sp³-hybridized carbons (Fsp3) is 0.471. The van der Waals surface area contributed by atoms with Crippen LogP contribution in [0.1, 0.15) is 47.1 Å². The van der Waals surface area contributed by atoms with Crippen LogP contribution in [0.4, 0.5) is 0 Å². The first-order chi connectivity index (χ1) is 9.65. The molecule has 1 rings (SSSR count). The van der Waals surface area contributed by atoms with Crippen LogP contribution in [-0.4, -0.2) is 22.9 Å². The first kappa shape index (κ1) is 18.2. The van der Waals surface area contributed by atoms with E-state index in [9.17, 15) is 4.79 Å². The molecule has 1 aromatic rings. The third-order valence-corrected chi connectivity index (χ3v) is 4.20. The molecule has 0 heterocycles. The summed E-state index contributed by atoms with van der Waals surface area (Å²) < 4.78 is 0.911. The zero-order valence-electron chi connectivity index (χ0n) is 13.5. The maximum Gasteiger partial charge on any atom is 0.250 e. The molecular weight excluding hydrogens is 350 g/mol. The maximum absolute atomic E-state index is 12.7. The second-order valence-electron chi connectivity index (χ2n) is 5.81. The average Bonchev–Trinajstić information content (AvgIpc) is 2.34. The van der Waals surface area contributed by atoms with Crippen molar-refractivity contribution < 1.29 is 4.79 Å². The highest BCUT2D eigenvalue weighted by molar-refractivity contribution is 9.10. The molecule has 0 aromatic heterocycles. The largest absolute Gasteiger partial charge is 0.334 e. The second kappa shape index (κ2) is 7.46. The van der Waals surface area contributed by atoms with Gasteiger partial charge < -0.3 is 4.90 Å². The summed E-state index contributed by atoms with van der Waals surface area (Å²) in [5, 5.41) is 0.656. The third-order valence-electron chi connectivity index (χ3n) is 3.53. The minimum Gasteiger partial charge on any atom is -0.334 e. The van der Waals surface area contributed by atoms with E-state index < -0.39 is 0 Å². The van der Waals surface area contributed by atoms with E-state index in [4.69, 9.17) is 11.6 Å². The van der Waals surface area contributed by atoms with Gasteiger partial charge in [-0.3, -0.25) is 4.79 Å². The number of hydrogen-bond acceptors (Lipinski definition) is 1. The normalized spacial score (nSPS) is 12.7. The van der Waals surface area contributed by atoms with Crippen LogP contribution in [0.3, 0.4) is 0 Å². The van der Waals surface area contributed by atoms with Gasteiger partial charge in [-0.2, -0.15) is 0 Å². The molecule has 0 radical (unpaired) electrons. The molecule has 0 saturated carbocycles. The van der Waals surface area contributed by atoms with Crippen molar-refractivity contribution in [3.05, 3.63) is 38.8 Å². The van der Waals surface area contributed by atoms with E-state index in [1.165, 1.54) is 0 Å². The smallest absolute Gasteiger partial charge is 0.250 e. The molecule has 0 atom stereocenters. The van der Waals surface area contributed by atoms with Crippen LogP contribution in [0.5, 0.6) is 0 Å². The Kier molecular flexibility index (Phi) is 6.48. The van der Waals surface area contributed by atoms with Gasteiger partial charge in [-0.1, -0.05) is 27.5 Å². The first-order valence-corrected chi connectivity index (χ1v) is 8.28. The van der Waals surface area contributed by atoms with Crippen LogP contribution in [0.25, 0.3) is 5.57 Å². The van der Waals surface area contributed by atoms with Gasteiger partial charge in [0, 0.05) is 27.2 Å². The summed E-state index contributed by atoms with van der Waals surface area (Å²) in [7, 11) is 0. The van der Waals surface area contributed by atoms with Crippen molar-refractivity contribution in [3.8, 4) is 0 Å². The van der Waals surface area contributed by atoms with E-state index in [0.29, 0.717) is 5.02 Å². The number of allylic oxidation sites excluding steroid dienone is 1. The lowest BCUT2D eigenvalue weighted by Gasteiger charge is -2.31. The Morgan fingerprint density at radius 3 is 2.05 bits per heavy atom. The number of carbonyl (C=O) groups excluding carboxylic acids is 1. The van der Waals surface area contributed by atoms with Crippen LogP contribution in [0, 0.1) is 0 Å². The molecule has 0 spiro atoms. The Labute approximate surface area is 141 Å². The predicted octanol–water partition coefficient (Wildman–Crippen LogP) is 5.54. The molecule has 0 fully saturated rings. The lowest BCUT2D eigenvalue weighted by Crippen LogP contribution is -2.42. The molecule has 0 aliphatic rings. The van der Waals surface area contributed by atoms with E-state index in [1.807, 2.05) is 64.6 Å². The highest BCUT2D eigenvalue weighted by Gasteiger charge is 2.22. The summed E-state index contributed by atoms with van der Waals surface area (Å²) in [6.07, 6.45) is 0. The molecule has 116 valence electrons. The number of carbonyl (C=O) groups is 1. The lowest BCUT2D eigenvalue weighted by atomic mass is 10.0. The molecule has 4 heteroatoms. The van der Waals surface area contributed by atoms with E-state index in [0.717, 1.165) is 21.2 Å². The fourth-order valence-electron chi connectivity index (χ4n) is 2.41. The number of halogens is 2. The molecule has 0 N–H and O–H groups in total. The highest BCUT2D eigenvalue weighted by atomic mass is 79.9. The Hall–Kier alpha value is -0.800. The quantitative estimate of drug-likeness (QED) is 0.635. The predicted molar refractivity (Wildman–Crippen MR) is 94.5 cm³/mol. The van der Waals surface area contributed by atoms with Gasteiger partial charge >= 0.3 is 0 Å². The van der Waals surface area contributed by atoms with Crippen molar-refractivity contribution in [2.45, 2.75) is 53.6 Å². The lowest BCUT2D eigenvalue weighted by molar-refractivity contribution is -0.130. The van der Waals surface area contributed by atoms with Gasteiger partial charge in [-0.15, -0.1) is 0 Å². The minimum absolute atomic E-state index is 0.0774. The summed E-state index contributed by atoms with van der Waals surface area (Å²) in [6, 6.07) is 6.04. The topological polar surface area (TPSA) is 20.3 Å². The van der Waals surface area contributed by atoms with Gasteiger partial charge in [0.2, 0.25) is 5.91 Å². The van der Waals surface area contributed by atoms with E-state index >= 15 is 0 Å². The summed E-state index contributed by atoms with van der Waals surface area (Å²) in [5.41, 5.74) is 2.67. The van der Waals surface area contributed by atoms with E-state index in [1.54, 1.807) is 0 Å². The highest BCUT2D eigenvalue weighted by Crippen LogP contribution is 2.27. The molecule has 1 amide bonds. The standard InChI is InChI=1S/C17H23BrClNO/c1-10(2)20(11(3)4)17(21)13(6)12(5)14-7-15(18)9-16(19)8-14/h7-11H,1-6H3/b13-12-. The SMILES string of the molecule is C/C(C(=O)N(C(C)C)C(C)C)=C(\C)c1cc(Cl)cc(Br)c1. The van der Waals surface area contributed by atoms with Crippen molar-refractivity contribution in [2.75, 3.05) is 0 Å². The Morgan fingerprint density at radius 1 is 1.10 bits per heavy atom. The number of amides is 1. The summed E-state index contributed by atoms with van der Waals surface area (Å²) in [6.45, 7) is 12.0. The average molecular weight is 373 g/mol. The zero-order chi connectivity index (χ0) is 16.3. The maximum atomic E-state index is 12.7. The molecular formula is C17H23BrClNO. The third kappa shape index (κ3) is 4.58. The summed E-state index contributed by atoms with van der Waals surface area (Å²) in [4.78, 5) is 14.6. The Bertz CT molecular complexity index is 536. The molecule has 0 aliphatic heterocycles. The number of benzene rings is 1. The molecule has 0 aliphatic carbocycles. The molecule has 21 heavy (non-hydrogen) atoms. The van der Waals surface area contributed by atoms with Crippen LogP contribution in [-0.2, 0) is 4.79 Å². The monoisotopic (exact) mass is 371 g/mol. The van der Waals surface area contributed by atoms with Crippen LogP contribution >= 0.6 is 27.5 Å². The van der Waals surface area contributed by atoms with Gasteiger partial charge in [0.1, 0.15) is 0 Å². The van der Waals surface area contributed by atoms with Gasteiger partial charge in [-0.05, 0) is 70.9 Å². The van der Waals surface area contributed by atoms with Gasteiger partial charge in [-0.25, -0.2) is 0 Å². The van der Waals surface area contributed by atoms with Crippen molar-refractivity contribution in [3.63, 3.8) is 0 Å². The van der Waals surface area contributed by atoms with Crippen molar-refractivity contribution in [2.24, 2.45) is 0 Å². The van der Waals surface area contributed by atoms with Crippen molar-refractivity contribution in [1.29, 1.82) is 0 Å². The van der Waals surface area contributed by atoms with Crippen molar-refractivity contribution in [1.82, 2.24) is 4.90 Å². The van der Waals surface area contributed by atoms with Gasteiger partial charge in [0.25, 0.3) is 0 Å². The van der Waals surface area contributed by atoms with Crippen LogP contribution in [0.2, 0.25) is 5.02 Å². The number of hydrogen-bond donors (Lipinski definition) is 0.